The summed E-state index contributed by atoms with van der Waals surface area (Å²) in [4.78, 5) is 11.9. The summed E-state index contributed by atoms with van der Waals surface area (Å²) in [5.74, 6) is 0. The van der Waals surface area contributed by atoms with Crippen LogP contribution in [0.2, 0.25) is 0 Å². The van der Waals surface area contributed by atoms with Crippen LogP contribution in [0.4, 0.5) is 0 Å². The normalized spacial score (nSPS) is 14.9. The van der Waals surface area contributed by atoms with Crippen LogP contribution in [0.1, 0.15) is 110 Å². The van der Waals surface area contributed by atoms with Crippen molar-refractivity contribution in [3.63, 3.8) is 0 Å². The van der Waals surface area contributed by atoms with Gasteiger partial charge in [-0.3, -0.25) is 4.57 Å². The lowest BCUT2D eigenvalue weighted by molar-refractivity contribution is -0.870. The minimum Gasteiger partial charge on any atom is -0.756 e. The third kappa shape index (κ3) is 28.6. The molecule has 0 aliphatic carbocycles. The zero-order valence-corrected chi connectivity index (χ0v) is 25.8. The molecule has 7 nitrogen and oxygen atoms in total. The number of phosphoric ester groups is 1. The fourth-order valence-electron chi connectivity index (χ4n) is 3.84. The molecule has 0 bridgehead atoms. The second kappa shape index (κ2) is 24.7. The number of quaternary nitrogens is 1. The highest BCUT2D eigenvalue weighted by Crippen LogP contribution is 2.38. The van der Waals surface area contributed by atoms with Gasteiger partial charge in [0.05, 0.1) is 34.4 Å². The predicted octanol–water partition coefficient (Wildman–Crippen LogP) is 7.04. The number of hydrogen-bond donors (Lipinski definition) is 0. The number of hydrogen-bond acceptors (Lipinski definition) is 6. The van der Waals surface area contributed by atoms with E-state index in [1.54, 1.807) is 0 Å². The molecule has 0 heterocycles. The lowest BCUT2D eigenvalue weighted by atomic mass is 10.1. The summed E-state index contributed by atoms with van der Waals surface area (Å²) in [5.41, 5.74) is 0. The summed E-state index contributed by atoms with van der Waals surface area (Å²) in [6.07, 6.45) is 25.1. The molecule has 0 aromatic carbocycles. The molecular formula is C29H60NO6P. The summed E-state index contributed by atoms with van der Waals surface area (Å²) < 4.78 is 33.3. The largest absolute Gasteiger partial charge is 0.756 e. The summed E-state index contributed by atoms with van der Waals surface area (Å²) in [6, 6.07) is 0. The Morgan fingerprint density at radius 1 is 0.730 bits per heavy atom. The van der Waals surface area contributed by atoms with Crippen molar-refractivity contribution in [2.45, 2.75) is 116 Å². The Kier molecular flexibility index (Phi) is 24.6. The highest BCUT2D eigenvalue weighted by molar-refractivity contribution is 7.45. The van der Waals surface area contributed by atoms with Gasteiger partial charge < -0.3 is 27.9 Å². The van der Waals surface area contributed by atoms with Gasteiger partial charge in [-0.2, -0.15) is 0 Å². The van der Waals surface area contributed by atoms with Gasteiger partial charge in [-0.1, -0.05) is 89.7 Å². The standard InChI is InChI=1S/C29H60NO6P/c1-6-7-8-9-10-11-12-13-14-15-16-17-18-19-20-21-22-23-25-34-27-29(33-5)28-36-37(31,32)35-26-24-30(2,3)4/h12-13,29H,6-11,14-28H2,1-5H3/b13-12-/t29-/m1/s1. The average molecular weight is 550 g/mol. The minimum absolute atomic E-state index is 0.0926. The van der Waals surface area contributed by atoms with Crippen LogP contribution < -0.4 is 4.89 Å². The van der Waals surface area contributed by atoms with Crippen LogP contribution in [-0.4, -0.2) is 71.8 Å². The Morgan fingerprint density at radius 2 is 1.24 bits per heavy atom. The molecule has 0 saturated heterocycles. The molecule has 0 fully saturated rings. The van der Waals surface area contributed by atoms with Gasteiger partial charge in [0, 0.05) is 13.7 Å². The Hall–Kier alpha value is -0.270. The van der Waals surface area contributed by atoms with Crippen molar-refractivity contribution in [2.24, 2.45) is 0 Å². The van der Waals surface area contributed by atoms with E-state index >= 15 is 0 Å². The predicted molar refractivity (Wildman–Crippen MR) is 153 cm³/mol. The van der Waals surface area contributed by atoms with Crippen LogP contribution in [0.15, 0.2) is 12.2 Å². The highest BCUT2D eigenvalue weighted by Gasteiger charge is 2.16. The van der Waals surface area contributed by atoms with Crippen LogP contribution >= 0.6 is 7.82 Å². The lowest BCUT2D eigenvalue weighted by Crippen LogP contribution is -2.37. The van der Waals surface area contributed by atoms with E-state index in [1.165, 1.54) is 97.0 Å². The summed E-state index contributed by atoms with van der Waals surface area (Å²) in [5, 5.41) is 0. The first-order valence-electron chi connectivity index (χ1n) is 14.9. The molecule has 1 unspecified atom stereocenters. The number of unbranched alkanes of at least 4 members (excludes halogenated alkanes) is 14. The van der Waals surface area contributed by atoms with E-state index in [2.05, 4.69) is 19.1 Å². The van der Waals surface area contributed by atoms with Gasteiger partial charge in [-0.05, 0) is 32.1 Å². The Morgan fingerprint density at radius 3 is 1.76 bits per heavy atom. The molecular weight excluding hydrogens is 489 g/mol. The molecule has 0 rings (SSSR count). The maximum Gasteiger partial charge on any atom is 0.268 e. The smallest absolute Gasteiger partial charge is 0.268 e. The van der Waals surface area contributed by atoms with Crippen molar-refractivity contribution in [3.8, 4) is 0 Å². The molecule has 0 aromatic heterocycles. The number of allylic oxidation sites excluding steroid dienone is 2. The first-order valence-corrected chi connectivity index (χ1v) is 16.3. The molecule has 2 atom stereocenters. The van der Waals surface area contributed by atoms with Crippen LogP contribution in [0.25, 0.3) is 0 Å². The third-order valence-electron chi connectivity index (χ3n) is 6.37. The Labute approximate surface area is 229 Å². The Balaban J connectivity index is 3.50. The van der Waals surface area contributed by atoms with Crippen molar-refractivity contribution < 1.29 is 32.5 Å². The second-order valence-corrected chi connectivity index (χ2v) is 12.6. The molecule has 0 spiro atoms. The van der Waals surface area contributed by atoms with E-state index in [0.717, 1.165) is 12.8 Å². The molecule has 0 saturated carbocycles. The van der Waals surface area contributed by atoms with Crippen molar-refractivity contribution >= 4 is 7.82 Å². The minimum atomic E-state index is -4.32. The van der Waals surface area contributed by atoms with E-state index in [1.807, 2.05) is 21.1 Å². The van der Waals surface area contributed by atoms with Crippen molar-refractivity contribution in [1.82, 2.24) is 0 Å². The van der Waals surface area contributed by atoms with Gasteiger partial charge in [0.2, 0.25) is 0 Å². The number of methoxy groups -OCH3 is 1. The monoisotopic (exact) mass is 549 g/mol. The molecule has 0 radical (unpaired) electrons. The molecule has 222 valence electrons. The van der Waals surface area contributed by atoms with E-state index in [4.69, 9.17) is 18.5 Å². The van der Waals surface area contributed by atoms with Crippen LogP contribution in [0.3, 0.4) is 0 Å². The van der Waals surface area contributed by atoms with E-state index in [0.29, 0.717) is 24.2 Å². The van der Waals surface area contributed by atoms with Gasteiger partial charge in [0.15, 0.2) is 0 Å². The highest BCUT2D eigenvalue weighted by atomic mass is 31.2. The quantitative estimate of drug-likeness (QED) is 0.0451. The number of nitrogens with zero attached hydrogens (tertiary/aromatic N) is 1. The summed E-state index contributed by atoms with van der Waals surface area (Å²) in [6.45, 7) is 3.80. The van der Waals surface area contributed by atoms with Gasteiger partial charge in [-0.15, -0.1) is 0 Å². The van der Waals surface area contributed by atoms with Gasteiger partial charge in [0.1, 0.15) is 19.3 Å². The van der Waals surface area contributed by atoms with E-state index < -0.39 is 13.9 Å². The van der Waals surface area contributed by atoms with Crippen LogP contribution in [-0.2, 0) is 23.1 Å². The fraction of sp³-hybridized carbons (Fsp3) is 0.931. The maximum absolute atomic E-state index is 11.9. The first-order chi connectivity index (χ1) is 17.7. The van der Waals surface area contributed by atoms with Crippen molar-refractivity contribution in [3.05, 3.63) is 12.2 Å². The molecule has 0 N–H and O–H groups in total. The zero-order chi connectivity index (χ0) is 27.7. The zero-order valence-electron chi connectivity index (χ0n) is 24.9. The van der Waals surface area contributed by atoms with Crippen LogP contribution in [0.5, 0.6) is 0 Å². The van der Waals surface area contributed by atoms with Crippen LogP contribution in [0, 0.1) is 0 Å². The number of likely N-dealkylation sites (N-methyl/N-ethyl adjacent to an activating group) is 1. The summed E-state index contributed by atoms with van der Waals surface area (Å²) in [7, 11) is 3.11. The molecule has 8 heteroatoms. The molecule has 0 amide bonds. The van der Waals surface area contributed by atoms with Gasteiger partial charge >= 0.3 is 0 Å². The number of ether oxygens (including phenoxy) is 2. The van der Waals surface area contributed by atoms with E-state index in [-0.39, 0.29) is 13.2 Å². The molecule has 0 aliphatic heterocycles. The SMILES string of the molecule is CCCCCCC/C=C\CCCCCCCCCCCOC[C@H](COP(=O)([O-])OCC[N+](C)(C)C)OC. The third-order valence-corrected chi connectivity index (χ3v) is 7.33. The van der Waals surface area contributed by atoms with Gasteiger partial charge in [0.25, 0.3) is 7.82 Å². The average Bonchev–Trinajstić information content (AvgIpc) is 2.83. The van der Waals surface area contributed by atoms with Crippen molar-refractivity contribution in [1.29, 1.82) is 0 Å². The molecule has 0 aliphatic rings. The molecule has 0 aromatic rings. The Bertz CT molecular complexity index is 567. The summed E-state index contributed by atoms with van der Waals surface area (Å²) >= 11 is 0. The van der Waals surface area contributed by atoms with Gasteiger partial charge in [-0.25, -0.2) is 0 Å². The second-order valence-electron chi connectivity index (χ2n) is 11.2. The lowest BCUT2D eigenvalue weighted by Gasteiger charge is -2.28. The molecule has 37 heavy (non-hydrogen) atoms. The topological polar surface area (TPSA) is 77.1 Å². The first kappa shape index (κ1) is 36.7. The number of rotatable bonds is 28. The van der Waals surface area contributed by atoms with E-state index in [9.17, 15) is 9.46 Å². The fourth-order valence-corrected chi connectivity index (χ4v) is 4.57. The number of phosphoric acid groups is 1. The maximum atomic E-state index is 11.9. The van der Waals surface area contributed by atoms with Crippen molar-refractivity contribution in [2.75, 3.05) is 61.2 Å².